The fourth-order valence-corrected chi connectivity index (χ4v) is 1.84. The Morgan fingerprint density at radius 1 is 1.05 bits per heavy atom. The second-order valence-electron chi connectivity index (χ2n) is 4.76. The van der Waals surface area contributed by atoms with Gasteiger partial charge >= 0.3 is 0 Å². The Morgan fingerprint density at radius 3 is 2.50 bits per heavy atom. The molecule has 0 atom stereocenters. The van der Waals surface area contributed by atoms with Crippen molar-refractivity contribution in [1.29, 1.82) is 0 Å². The van der Waals surface area contributed by atoms with Gasteiger partial charge in [-0.05, 0) is 38.0 Å². The summed E-state index contributed by atoms with van der Waals surface area (Å²) < 4.78 is 0. The number of hydrogen-bond acceptors (Lipinski definition) is 4. The predicted molar refractivity (Wildman–Crippen MR) is 81.1 cm³/mol. The molecule has 0 unspecified atom stereocenters. The molecule has 2 heterocycles. The summed E-state index contributed by atoms with van der Waals surface area (Å²) in [6, 6.07) is 1.79. The summed E-state index contributed by atoms with van der Waals surface area (Å²) in [5.41, 5.74) is 3.03. The third kappa shape index (κ3) is 3.47. The summed E-state index contributed by atoms with van der Waals surface area (Å²) in [5, 5.41) is 0. The topological polar surface area (TPSA) is 51.6 Å². The molecule has 0 aliphatic rings. The molecule has 0 N–H and O–H groups in total. The molecular formula is C16H20N4. The number of aromatic nitrogens is 4. The van der Waals surface area contributed by atoms with Gasteiger partial charge in [-0.25, -0.2) is 19.9 Å². The van der Waals surface area contributed by atoms with Crippen molar-refractivity contribution in [2.24, 2.45) is 0 Å². The maximum absolute atomic E-state index is 4.58. The number of aryl methyl sites for hydroxylation is 1. The van der Waals surface area contributed by atoms with E-state index in [2.05, 4.69) is 39.0 Å². The van der Waals surface area contributed by atoms with Crippen LogP contribution in [0.3, 0.4) is 0 Å². The van der Waals surface area contributed by atoms with E-state index in [9.17, 15) is 0 Å². The maximum Gasteiger partial charge on any atom is 0.198 e. The van der Waals surface area contributed by atoms with E-state index >= 15 is 0 Å². The molecule has 0 aliphatic carbocycles. The molecule has 0 fully saturated rings. The highest BCUT2D eigenvalue weighted by Crippen LogP contribution is 2.16. The molecule has 4 nitrogen and oxygen atoms in total. The maximum atomic E-state index is 4.58. The van der Waals surface area contributed by atoms with E-state index in [-0.39, 0.29) is 0 Å². The van der Waals surface area contributed by atoms with Crippen molar-refractivity contribution in [2.75, 3.05) is 0 Å². The lowest BCUT2D eigenvalue weighted by molar-refractivity contribution is 0.816. The van der Waals surface area contributed by atoms with Crippen LogP contribution in [-0.4, -0.2) is 19.9 Å². The van der Waals surface area contributed by atoms with Gasteiger partial charge in [0.2, 0.25) is 0 Å². The largest absolute Gasteiger partial charge is 0.234 e. The molecule has 0 radical (unpaired) electrons. The van der Waals surface area contributed by atoms with Crippen molar-refractivity contribution in [3.8, 4) is 11.6 Å². The van der Waals surface area contributed by atoms with E-state index in [4.69, 9.17) is 0 Å². The van der Waals surface area contributed by atoms with E-state index in [1.165, 1.54) is 12.8 Å². The first-order valence-electron chi connectivity index (χ1n) is 7.01. The monoisotopic (exact) mass is 268 g/mol. The van der Waals surface area contributed by atoms with Crippen molar-refractivity contribution < 1.29 is 0 Å². The minimum absolute atomic E-state index is 0.568. The van der Waals surface area contributed by atoms with Crippen LogP contribution in [0.4, 0.5) is 0 Å². The summed E-state index contributed by atoms with van der Waals surface area (Å²) in [6.45, 7) is 6.23. The zero-order valence-electron chi connectivity index (χ0n) is 12.3. The molecule has 2 rings (SSSR count). The summed E-state index contributed by atoms with van der Waals surface area (Å²) in [5.74, 6) is 1.16. The number of rotatable bonds is 5. The summed E-state index contributed by atoms with van der Waals surface area (Å²) in [7, 11) is 0. The Labute approximate surface area is 120 Å². The number of allylic oxidation sites excluding steroid dienone is 1. The minimum atomic E-state index is 0.568. The summed E-state index contributed by atoms with van der Waals surface area (Å²) in [6.07, 6.45) is 11.1. The lowest BCUT2D eigenvalue weighted by Crippen LogP contribution is -2.01. The van der Waals surface area contributed by atoms with Crippen molar-refractivity contribution in [2.45, 2.75) is 40.0 Å². The van der Waals surface area contributed by atoms with Gasteiger partial charge < -0.3 is 0 Å². The van der Waals surface area contributed by atoms with Gasteiger partial charge in [-0.1, -0.05) is 25.8 Å². The van der Waals surface area contributed by atoms with Gasteiger partial charge in [0.25, 0.3) is 0 Å². The van der Waals surface area contributed by atoms with Crippen LogP contribution in [-0.2, 0) is 0 Å². The highest BCUT2D eigenvalue weighted by Gasteiger charge is 2.09. The molecular weight excluding hydrogens is 248 g/mol. The second kappa shape index (κ2) is 6.89. The fourth-order valence-electron chi connectivity index (χ4n) is 1.84. The van der Waals surface area contributed by atoms with Gasteiger partial charge in [0.15, 0.2) is 11.6 Å². The molecule has 0 bridgehead atoms. The first-order valence-corrected chi connectivity index (χ1v) is 7.01. The number of nitrogens with zero attached hydrogens (tertiary/aromatic N) is 4. The van der Waals surface area contributed by atoms with Gasteiger partial charge in [-0.3, -0.25) is 0 Å². The first kappa shape index (κ1) is 14.3. The van der Waals surface area contributed by atoms with Gasteiger partial charge in [0.1, 0.15) is 0 Å². The molecule has 0 saturated heterocycles. The number of unbranched alkanes of at least 4 members (excludes halogenated alkanes) is 2. The Kier molecular flexibility index (Phi) is 4.93. The van der Waals surface area contributed by atoms with Gasteiger partial charge in [-0.15, -0.1) is 0 Å². The average Bonchev–Trinajstić information content (AvgIpc) is 2.48. The molecule has 2 aromatic heterocycles. The smallest absolute Gasteiger partial charge is 0.198 e. The normalized spacial score (nSPS) is 11.2. The second-order valence-corrected chi connectivity index (χ2v) is 4.76. The Balaban J connectivity index is 2.33. The molecule has 0 aromatic carbocycles. The molecule has 4 heteroatoms. The van der Waals surface area contributed by atoms with Crippen LogP contribution < -0.4 is 0 Å². The number of hydrogen-bond donors (Lipinski definition) is 0. The van der Waals surface area contributed by atoms with Crippen LogP contribution in [0.15, 0.2) is 24.5 Å². The Hall–Kier alpha value is -2.10. The standard InChI is InChI=1S/C16H20N4/c1-4-5-6-7-9-14-12(2)13(3)19-16(20-14)15-17-10-8-11-18-15/h7-11H,4-6H2,1-3H3/b9-7+. The van der Waals surface area contributed by atoms with E-state index < -0.39 is 0 Å². The highest BCUT2D eigenvalue weighted by molar-refractivity contribution is 5.54. The third-order valence-electron chi connectivity index (χ3n) is 3.19. The molecule has 104 valence electrons. The zero-order valence-corrected chi connectivity index (χ0v) is 12.3. The van der Waals surface area contributed by atoms with Gasteiger partial charge in [0, 0.05) is 18.1 Å². The molecule has 0 amide bonds. The average molecular weight is 268 g/mol. The van der Waals surface area contributed by atoms with E-state index in [0.29, 0.717) is 11.6 Å². The SMILES string of the molecule is CCCC/C=C/c1nc(-c2ncccn2)nc(C)c1C. The van der Waals surface area contributed by atoms with Crippen LogP contribution in [0.2, 0.25) is 0 Å². The first-order chi connectivity index (χ1) is 9.72. The Bertz CT molecular complexity index is 591. The summed E-state index contributed by atoms with van der Waals surface area (Å²) >= 11 is 0. The van der Waals surface area contributed by atoms with Gasteiger partial charge in [0.05, 0.1) is 5.69 Å². The van der Waals surface area contributed by atoms with Crippen LogP contribution in [0.5, 0.6) is 0 Å². The van der Waals surface area contributed by atoms with Gasteiger partial charge in [-0.2, -0.15) is 0 Å². The lowest BCUT2D eigenvalue weighted by atomic mass is 10.1. The van der Waals surface area contributed by atoms with Crippen molar-refractivity contribution in [1.82, 2.24) is 19.9 Å². The zero-order chi connectivity index (χ0) is 14.4. The predicted octanol–water partition coefficient (Wildman–Crippen LogP) is 3.75. The van der Waals surface area contributed by atoms with Crippen LogP contribution in [0, 0.1) is 13.8 Å². The quantitative estimate of drug-likeness (QED) is 0.775. The lowest BCUT2D eigenvalue weighted by Gasteiger charge is -2.06. The van der Waals surface area contributed by atoms with Crippen LogP contribution in [0.1, 0.15) is 43.1 Å². The molecule has 2 aromatic rings. The van der Waals surface area contributed by atoms with Crippen LogP contribution in [0.25, 0.3) is 17.7 Å². The van der Waals surface area contributed by atoms with Crippen LogP contribution >= 0.6 is 0 Å². The molecule has 0 saturated carbocycles. The van der Waals surface area contributed by atoms with Crippen molar-refractivity contribution >= 4 is 6.08 Å². The Morgan fingerprint density at radius 2 is 1.80 bits per heavy atom. The molecule has 0 spiro atoms. The van der Waals surface area contributed by atoms with E-state index in [1.54, 1.807) is 18.5 Å². The minimum Gasteiger partial charge on any atom is -0.234 e. The van der Waals surface area contributed by atoms with Crippen molar-refractivity contribution in [3.63, 3.8) is 0 Å². The third-order valence-corrected chi connectivity index (χ3v) is 3.19. The highest BCUT2D eigenvalue weighted by atomic mass is 15.0. The summed E-state index contributed by atoms with van der Waals surface area (Å²) in [4.78, 5) is 17.5. The van der Waals surface area contributed by atoms with E-state index in [0.717, 1.165) is 23.4 Å². The molecule has 20 heavy (non-hydrogen) atoms. The molecule has 0 aliphatic heterocycles. The fraction of sp³-hybridized carbons (Fsp3) is 0.375. The van der Waals surface area contributed by atoms with Crippen molar-refractivity contribution in [3.05, 3.63) is 41.5 Å². The van der Waals surface area contributed by atoms with E-state index in [1.807, 2.05) is 13.8 Å².